The molecule has 0 aliphatic carbocycles. The van der Waals surface area contributed by atoms with E-state index in [-0.39, 0.29) is 48.2 Å². The molecule has 3 rings (SSSR count). The van der Waals surface area contributed by atoms with Crippen molar-refractivity contribution in [1.29, 1.82) is 0 Å². The standard InChI is InChI=1S/C37H55N5O7S/c1-8-23(4)32(41-34(45)30-16-12-13-17-42(30)7)35(46)39-28(22(2)3)20-31(49-25(6)43)36-40-29(21-50-36)33(44)38-27(18-24(5)37(47)48)19-26-14-10-9-11-15-26/h9-11,14-15,21-24,27-28,30-32H,8,12-13,16-20H2,1-7H3,(H,38,44)(H,39,46)(H,41,45)(H,47,48)/t23-,24+,27-,28-,30+,31-,32-/m0/s1. The molecule has 0 saturated carbocycles. The zero-order valence-electron chi connectivity index (χ0n) is 30.4. The van der Waals surface area contributed by atoms with E-state index in [1.807, 2.05) is 70.0 Å². The van der Waals surface area contributed by atoms with Gasteiger partial charge in [0, 0.05) is 30.8 Å². The van der Waals surface area contributed by atoms with Crippen LogP contribution in [-0.2, 0) is 30.3 Å². The number of nitrogens with one attached hydrogen (secondary N) is 3. The molecule has 1 saturated heterocycles. The number of ether oxygens (including phenoxy) is 1. The predicted molar refractivity (Wildman–Crippen MR) is 192 cm³/mol. The zero-order chi connectivity index (χ0) is 37.0. The summed E-state index contributed by atoms with van der Waals surface area (Å²) in [5.74, 6) is -3.24. The first-order chi connectivity index (χ1) is 23.7. The molecule has 1 fully saturated rings. The first-order valence-electron chi connectivity index (χ1n) is 17.7. The number of benzene rings is 1. The lowest BCUT2D eigenvalue weighted by Crippen LogP contribution is -2.57. The lowest BCUT2D eigenvalue weighted by atomic mass is 9.94. The second-order valence-corrected chi connectivity index (χ2v) is 14.9. The molecule has 2 aromatic rings. The molecular formula is C37H55N5O7S. The van der Waals surface area contributed by atoms with Gasteiger partial charge in [-0.15, -0.1) is 11.3 Å². The van der Waals surface area contributed by atoms with Crippen LogP contribution in [0.1, 0.15) is 107 Å². The number of carbonyl (C=O) groups is 5. The van der Waals surface area contributed by atoms with Crippen LogP contribution in [0.3, 0.4) is 0 Å². The molecule has 12 nitrogen and oxygen atoms in total. The highest BCUT2D eigenvalue weighted by atomic mass is 32.1. The monoisotopic (exact) mass is 713 g/mol. The normalized spacial score (nSPS) is 18.6. The van der Waals surface area contributed by atoms with Crippen LogP contribution in [0.15, 0.2) is 35.7 Å². The maximum absolute atomic E-state index is 13.8. The summed E-state index contributed by atoms with van der Waals surface area (Å²) in [6.45, 7) is 11.6. The smallest absolute Gasteiger partial charge is 0.306 e. The van der Waals surface area contributed by atoms with Gasteiger partial charge < -0.3 is 25.8 Å². The van der Waals surface area contributed by atoms with E-state index in [1.54, 1.807) is 12.3 Å². The predicted octanol–water partition coefficient (Wildman–Crippen LogP) is 4.75. The van der Waals surface area contributed by atoms with Crippen molar-refractivity contribution in [2.24, 2.45) is 17.8 Å². The minimum atomic E-state index is -0.945. The number of hydrogen-bond acceptors (Lipinski definition) is 9. The quantitative estimate of drug-likeness (QED) is 0.160. The first kappa shape index (κ1) is 40.6. The first-order valence-corrected chi connectivity index (χ1v) is 18.6. The van der Waals surface area contributed by atoms with Crippen molar-refractivity contribution >= 4 is 41.0 Å². The number of thiazole rings is 1. The number of nitrogens with zero attached hydrogens (tertiary/aromatic N) is 2. The Morgan fingerprint density at radius 1 is 1.02 bits per heavy atom. The Morgan fingerprint density at radius 2 is 1.72 bits per heavy atom. The number of esters is 1. The average molecular weight is 714 g/mol. The van der Waals surface area contributed by atoms with E-state index in [2.05, 4.69) is 20.9 Å². The molecule has 1 aliphatic rings. The summed E-state index contributed by atoms with van der Waals surface area (Å²) < 4.78 is 5.70. The molecule has 3 amide bonds. The third kappa shape index (κ3) is 12.2. The van der Waals surface area contributed by atoms with E-state index >= 15 is 0 Å². The number of carboxylic acids is 1. The molecule has 1 aromatic heterocycles. The van der Waals surface area contributed by atoms with Gasteiger partial charge in [0.25, 0.3) is 5.91 Å². The number of likely N-dealkylation sites (N-methyl/N-ethyl adjacent to an activating group) is 1. The number of carbonyl (C=O) groups excluding carboxylic acids is 4. The molecule has 0 spiro atoms. The van der Waals surface area contributed by atoms with Crippen LogP contribution in [0, 0.1) is 17.8 Å². The highest BCUT2D eigenvalue weighted by Gasteiger charge is 2.34. The Morgan fingerprint density at radius 3 is 2.32 bits per heavy atom. The van der Waals surface area contributed by atoms with Crippen molar-refractivity contribution in [2.45, 2.75) is 117 Å². The number of rotatable bonds is 18. The zero-order valence-corrected chi connectivity index (χ0v) is 31.3. The summed E-state index contributed by atoms with van der Waals surface area (Å²) in [6.07, 6.45) is 3.49. The van der Waals surface area contributed by atoms with Gasteiger partial charge in [-0.25, -0.2) is 4.98 Å². The van der Waals surface area contributed by atoms with Crippen LogP contribution >= 0.6 is 11.3 Å². The molecule has 0 unspecified atom stereocenters. The van der Waals surface area contributed by atoms with Gasteiger partial charge in [-0.2, -0.15) is 0 Å². The van der Waals surface area contributed by atoms with Gasteiger partial charge in [0.15, 0.2) is 6.10 Å². The fourth-order valence-electron chi connectivity index (χ4n) is 6.18. The summed E-state index contributed by atoms with van der Waals surface area (Å²) >= 11 is 1.17. The van der Waals surface area contributed by atoms with Crippen molar-refractivity contribution in [1.82, 2.24) is 25.8 Å². The SMILES string of the molecule is CC[C@H](C)[C@H](NC(=O)[C@H]1CCCCN1C)C(=O)N[C@@H](C[C@H](OC(C)=O)c1nc(C(=O)N[C@H](Cc2ccccc2)C[C@@H](C)C(=O)O)cs1)C(C)C. The third-order valence-corrected chi connectivity index (χ3v) is 10.5. The lowest BCUT2D eigenvalue weighted by Gasteiger charge is -2.34. The molecule has 276 valence electrons. The molecule has 1 aliphatic heterocycles. The summed E-state index contributed by atoms with van der Waals surface area (Å²) in [5, 5.41) is 20.6. The highest BCUT2D eigenvalue weighted by molar-refractivity contribution is 7.09. The Kier molecular flexibility index (Phi) is 15.8. The molecule has 7 atom stereocenters. The van der Waals surface area contributed by atoms with Gasteiger partial charge in [-0.3, -0.25) is 28.9 Å². The van der Waals surface area contributed by atoms with Crippen LogP contribution in [0.4, 0.5) is 0 Å². The number of piperidine rings is 1. The van der Waals surface area contributed by atoms with E-state index in [0.717, 1.165) is 31.4 Å². The number of amides is 3. The van der Waals surface area contributed by atoms with E-state index in [0.29, 0.717) is 17.8 Å². The fraction of sp³-hybridized carbons (Fsp3) is 0.622. The van der Waals surface area contributed by atoms with Gasteiger partial charge in [0.1, 0.15) is 16.7 Å². The number of aliphatic carboxylic acids is 1. The van der Waals surface area contributed by atoms with Gasteiger partial charge in [-0.05, 0) is 56.7 Å². The molecular weight excluding hydrogens is 659 g/mol. The van der Waals surface area contributed by atoms with Crippen LogP contribution in [0.25, 0.3) is 0 Å². The van der Waals surface area contributed by atoms with Crippen molar-refractivity contribution in [3.05, 3.63) is 52.0 Å². The van der Waals surface area contributed by atoms with Crippen LogP contribution in [-0.4, -0.2) is 82.4 Å². The molecule has 1 aromatic carbocycles. The average Bonchev–Trinajstić information content (AvgIpc) is 3.57. The van der Waals surface area contributed by atoms with Crippen molar-refractivity contribution in [3.8, 4) is 0 Å². The molecule has 2 heterocycles. The summed E-state index contributed by atoms with van der Waals surface area (Å²) in [7, 11) is 1.93. The Hall–Kier alpha value is -3.84. The Labute approximate surface area is 300 Å². The topological polar surface area (TPSA) is 167 Å². The van der Waals surface area contributed by atoms with Gasteiger partial charge in [-0.1, -0.05) is 77.8 Å². The maximum atomic E-state index is 13.8. The number of aromatic nitrogens is 1. The fourth-order valence-corrected chi connectivity index (χ4v) is 7.02. The number of carboxylic acid groups (broad SMARTS) is 1. The molecule has 4 N–H and O–H groups in total. The second-order valence-electron chi connectivity index (χ2n) is 14.0. The molecule has 0 bridgehead atoms. The van der Waals surface area contributed by atoms with E-state index in [4.69, 9.17) is 4.74 Å². The van der Waals surface area contributed by atoms with Crippen LogP contribution in [0.5, 0.6) is 0 Å². The molecule has 13 heteroatoms. The van der Waals surface area contributed by atoms with E-state index in [9.17, 15) is 29.1 Å². The highest BCUT2D eigenvalue weighted by Crippen LogP contribution is 2.29. The van der Waals surface area contributed by atoms with Crippen LogP contribution in [0.2, 0.25) is 0 Å². The van der Waals surface area contributed by atoms with Crippen molar-refractivity contribution in [3.63, 3.8) is 0 Å². The molecule has 0 radical (unpaired) electrons. The van der Waals surface area contributed by atoms with Crippen molar-refractivity contribution in [2.75, 3.05) is 13.6 Å². The van der Waals surface area contributed by atoms with Gasteiger partial charge in [0.05, 0.1) is 12.0 Å². The Bertz CT molecular complexity index is 1430. The minimum absolute atomic E-state index is 0.0625. The third-order valence-electron chi connectivity index (χ3n) is 9.52. The van der Waals surface area contributed by atoms with Gasteiger partial charge in [0.2, 0.25) is 11.8 Å². The number of likely N-dealkylation sites (tertiary alicyclic amines) is 1. The molecule has 50 heavy (non-hydrogen) atoms. The largest absolute Gasteiger partial charge is 0.481 e. The lowest BCUT2D eigenvalue weighted by molar-refractivity contribution is -0.147. The van der Waals surface area contributed by atoms with E-state index in [1.165, 1.54) is 18.3 Å². The van der Waals surface area contributed by atoms with Gasteiger partial charge >= 0.3 is 11.9 Å². The number of hydrogen-bond donors (Lipinski definition) is 4. The second kappa shape index (κ2) is 19.5. The Balaban J connectivity index is 1.76. The summed E-state index contributed by atoms with van der Waals surface area (Å²) in [6, 6.07) is 7.61. The van der Waals surface area contributed by atoms with Crippen LogP contribution < -0.4 is 16.0 Å². The summed E-state index contributed by atoms with van der Waals surface area (Å²) in [4.78, 5) is 70.9. The maximum Gasteiger partial charge on any atom is 0.306 e. The minimum Gasteiger partial charge on any atom is -0.481 e. The van der Waals surface area contributed by atoms with E-state index < -0.39 is 48.0 Å². The summed E-state index contributed by atoms with van der Waals surface area (Å²) in [5.41, 5.74) is 1.09. The van der Waals surface area contributed by atoms with Crippen molar-refractivity contribution < 1.29 is 33.8 Å².